The second-order valence-electron chi connectivity index (χ2n) is 2.57. The van der Waals surface area contributed by atoms with Crippen LogP contribution in [0.1, 0.15) is 25.3 Å². The summed E-state index contributed by atoms with van der Waals surface area (Å²) in [6.07, 6.45) is 0. The van der Waals surface area contributed by atoms with Crippen LogP contribution in [0.25, 0.3) is 0 Å². The molecule has 1 aromatic rings. The molecule has 2 heteroatoms. The molecule has 0 heterocycles. The van der Waals surface area contributed by atoms with Gasteiger partial charge in [-0.2, -0.15) is 0 Å². The molecule has 11 heavy (non-hydrogen) atoms. The van der Waals surface area contributed by atoms with Crippen molar-refractivity contribution in [3.8, 4) is 0 Å². The van der Waals surface area contributed by atoms with Gasteiger partial charge in [-0.15, -0.1) is 12.4 Å². The standard InChI is InChI=1S/C9H12.ClH.Fe/c1-8(2)9-6-4-3-5-7-9;;/h3-8H,1-2H3;1H;. The zero-order valence-corrected chi connectivity index (χ0v) is 8.65. The molecule has 0 aliphatic carbocycles. The van der Waals surface area contributed by atoms with E-state index in [1.165, 1.54) is 5.56 Å². The van der Waals surface area contributed by atoms with Crippen LogP contribution >= 0.6 is 12.4 Å². The zero-order chi connectivity index (χ0) is 6.69. The molecule has 0 saturated heterocycles. The second-order valence-corrected chi connectivity index (χ2v) is 2.57. The Morgan fingerprint density at radius 3 is 1.73 bits per heavy atom. The summed E-state index contributed by atoms with van der Waals surface area (Å²) in [6, 6.07) is 10.5. The van der Waals surface area contributed by atoms with Crippen molar-refractivity contribution in [1.82, 2.24) is 0 Å². The van der Waals surface area contributed by atoms with Crippen LogP contribution in [0.4, 0.5) is 0 Å². The topological polar surface area (TPSA) is 0 Å². The molecule has 0 fully saturated rings. The van der Waals surface area contributed by atoms with E-state index < -0.39 is 0 Å². The molecule has 0 aliphatic heterocycles. The molecule has 0 aromatic heterocycles. The summed E-state index contributed by atoms with van der Waals surface area (Å²) in [6.45, 7) is 4.41. The minimum absolute atomic E-state index is 0. The van der Waals surface area contributed by atoms with Gasteiger partial charge in [-0.3, -0.25) is 0 Å². The fourth-order valence-electron chi connectivity index (χ4n) is 0.838. The summed E-state index contributed by atoms with van der Waals surface area (Å²) in [5, 5.41) is 0. The number of hydrogen-bond acceptors (Lipinski definition) is 0. The van der Waals surface area contributed by atoms with Gasteiger partial charge >= 0.3 is 0 Å². The van der Waals surface area contributed by atoms with Crippen molar-refractivity contribution in [2.75, 3.05) is 0 Å². The SMILES string of the molecule is CC(C)c1ccccc1.Cl.[Fe]. The molecule has 0 nitrogen and oxygen atoms in total. The number of rotatable bonds is 1. The molecular formula is C9H13ClFe. The van der Waals surface area contributed by atoms with Crippen molar-refractivity contribution in [1.29, 1.82) is 0 Å². The van der Waals surface area contributed by atoms with Gasteiger partial charge in [0, 0.05) is 17.1 Å². The van der Waals surface area contributed by atoms with E-state index in [0.29, 0.717) is 5.92 Å². The Kier molecular flexibility index (Phi) is 8.32. The van der Waals surface area contributed by atoms with Crippen molar-refractivity contribution in [2.45, 2.75) is 19.8 Å². The van der Waals surface area contributed by atoms with Crippen molar-refractivity contribution < 1.29 is 17.1 Å². The Morgan fingerprint density at radius 1 is 1.00 bits per heavy atom. The van der Waals surface area contributed by atoms with Gasteiger partial charge in [0.15, 0.2) is 0 Å². The zero-order valence-electron chi connectivity index (χ0n) is 6.73. The van der Waals surface area contributed by atoms with E-state index in [2.05, 4.69) is 38.1 Å². The minimum Gasteiger partial charge on any atom is -0.147 e. The molecule has 1 rings (SSSR count). The van der Waals surface area contributed by atoms with Crippen LogP contribution in [0.2, 0.25) is 0 Å². The van der Waals surface area contributed by atoms with Crippen LogP contribution in [-0.2, 0) is 17.1 Å². The molecule has 0 saturated carbocycles. The summed E-state index contributed by atoms with van der Waals surface area (Å²) in [4.78, 5) is 0. The van der Waals surface area contributed by atoms with Crippen LogP contribution in [0, 0.1) is 0 Å². The van der Waals surface area contributed by atoms with E-state index >= 15 is 0 Å². The molecule has 0 aliphatic rings. The molecular weight excluding hydrogens is 199 g/mol. The van der Waals surface area contributed by atoms with Gasteiger partial charge in [0.1, 0.15) is 0 Å². The third-order valence-corrected chi connectivity index (χ3v) is 1.47. The average Bonchev–Trinajstić information content (AvgIpc) is 1.90. The molecule has 0 radical (unpaired) electrons. The maximum atomic E-state index is 2.20. The third-order valence-electron chi connectivity index (χ3n) is 1.47. The van der Waals surface area contributed by atoms with Gasteiger partial charge in [-0.05, 0) is 11.5 Å². The second kappa shape index (κ2) is 6.72. The fourth-order valence-corrected chi connectivity index (χ4v) is 0.838. The first-order valence-electron chi connectivity index (χ1n) is 3.35. The third kappa shape index (κ3) is 4.47. The van der Waals surface area contributed by atoms with Crippen molar-refractivity contribution in [2.24, 2.45) is 0 Å². The molecule has 0 N–H and O–H groups in total. The molecule has 0 atom stereocenters. The maximum absolute atomic E-state index is 2.20. The first-order valence-corrected chi connectivity index (χ1v) is 3.35. The van der Waals surface area contributed by atoms with E-state index in [9.17, 15) is 0 Å². The van der Waals surface area contributed by atoms with Gasteiger partial charge in [0.25, 0.3) is 0 Å². The Hall–Kier alpha value is 0.0295. The van der Waals surface area contributed by atoms with E-state index in [4.69, 9.17) is 0 Å². The Bertz CT molecular complexity index is 172. The van der Waals surface area contributed by atoms with E-state index in [1.807, 2.05) is 6.07 Å². The van der Waals surface area contributed by atoms with Gasteiger partial charge < -0.3 is 0 Å². The van der Waals surface area contributed by atoms with Crippen LogP contribution in [-0.4, -0.2) is 0 Å². The van der Waals surface area contributed by atoms with E-state index in [-0.39, 0.29) is 29.5 Å². The van der Waals surface area contributed by atoms with Crippen molar-refractivity contribution >= 4 is 12.4 Å². The summed E-state index contributed by atoms with van der Waals surface area (Å²) < 4.78 is 0. The number of benzene rings is 1. The quantitative estimate of drug-likeness (QED) is 0.627. The molecule has 64 valence electrons. The van der Waals surface area contributed by atoms with Gasteiger partial charge in [0.05, 0.1) is 0 Å². The number of halogens is 1. The van der Waals surface area contributed by atoms with Crippen LogP contribution in [0.15, 0.2) is 30.3 Å². The van der Waals surface area contributed by atoms with Crippen LogP contribution < -0.4 is 0 Å². The molecule has 0 spiro atoms. The smallest absolute Gasteiger partial charge is 0 e. The summed E-state index contributed by atoms with van der Waals surface area (Å²) in [5.74, 6) is 0.659. The minimum atomic E-state index is 0. The van der Waals surface area contributed by atoms with Gasteiger partial charge in [-0.25, -0.2) is 0 Å². The first-order chi connectivity index (χ1) is 4.30. The summed E-state index contributed by atoms with van der Waals surface area (Å²) in [7, 11) is 0. The Morgan fingerprint density at radius 2 is 1.45 bits per heavy atom. The van der Waals surface area contributed by atoms with Crippen molar-refractivity contribution in [3.05, 3.63) is 35.9 Å². The normalized spacial score (nSPS) is 8.27. The molecule has 0 bridgehead atoms. The largest absolute Gasteiger partial charge is 0.147 e. The monoisotopic (exact) mass is 212 g/mol. The van der Waals surface area contributed by atoms with Crippen molar-refractivity contribution in [3.63, 3.8) is 0 Å². The van der Waals surface area contributed by atoms with Gasteiger partial charge in [0.2, 0.25) is 0 Å². The summed E-state index contributed by atoms with van der Waals surface area (Å²) >= 11 is 0. The van der Waals surface area contributed by atoms with E-state index in [1.54, 1.807) is 0 Å². The average molecular weight is 213 g/mol. The predicted molar refractivity (Wildman–Crippen MR) is 47.8 cm³/mol. The summed E-state index contributed by atoms with van der Waals surface area (Å²) in [5.41, 5.74) is 1.41. The maximum Gasteiger partial charge on any atom is 0 e. The van der Waals surface area contributed by atoms with E-state index in [0.717, 1.165) is 0 Å². The number of hydrogen-bond donors (Lipinski definition) is 0. The molecule has 0 unspecified atom stereocenters. The van der Waals surface area contributed by atoms with Crippen LogP contribution in [0.3, 0.4) is 0 Å². The van der Waals surface area contributed by atoms with Gasteiger partial charge in [-0.1, -0.05) is 44.2 Å². The van der Waals surface area contributed by atoms with Crippen LogP contribution in [0.5, 0.6) is 0 Å². The first kappa shape index (κ1) is 13.6. The predicted octanol–water partition coefficient (Wildman–Crippen LogP) is 3.23. The fraction of sp³-hybridized carbons (Fsp3) is 0.333. The Labute approximate surface area is 85.3 Å². The molecule has 0 amide bonds. The Balaban J connectivity index is 0. The molecule has 1 aromatic carbocycles.